The zero-order valence-corrected chi connectivity index (χ0v) is 10.7. The van der Waals surface area contributed by atoms with E-state index in [1.807, 2.05) is 26.0 Å². The third-order valence-electron chi connectivity index (χ3n) is 3.21. The molecule has 1 aromatic rings. The molecule has 1 aromatic carbocycles. The molecule has 4 heteroatoms. The third-order valence-corrected chi connectivity index (χ3v) is 3.21. The van der Waals surface area contributed by atoms with Crippen LogP contribution in [0.5, 0.6) is 0 Å². The van der Waals surface area contributed by atoms with Gasteiger partial charge in [-0.2, -0.15) is 0 Å². The van der Waals surface area contributed by atoms with Crippen LogP contribution in [0.15, 0.2) is 24.3 Å². The van der Waals surface area contributed by atoms with Crippen molar-refractivity contribution in [2.45, 2.75) is 44.9 Å². The van der Waals surface area contributed by atoms with Crippen molar-refractivity contribution in [2.75, 3.05) is 5.32 Å². The first kappa shape index (κ1) is 12.9. The number of rotatable bonds is 3. The number of hydrogen-bond acceptors (Lipinski definition) is 3. The molecule has 1 saturated heterocycles. The lowest BCUT2D eigenvalue weighted by molar-refractivity contribution is -0.0337. The maximum absolute atomic E-state index is 11.1. The van der Waals surface area contributed by atoms with E-state index in [1.165, 1.54) is 0 Å². The molecule has 1 heterocycles. The fourth-order valence-corrected chi connectivity index (χ4v) is 2.54. The summed E-state index contributed by atoms with van der Waals surface area (Å²) in [6.45, 7) is 4.10. The summed E-state index contributed by atoms with van der Waals surface area (Å²) in [5, 5.41) is 12.5. The smallest absolute Gasteiger partial charge is 0.337 e. The summed E-state index contributed by atoms with van der Waals surface area (Å²) < 4.78 is 5.68. The van der Waals surface area contributed by atoms with Gasteiger partial charge in [-0.1, -0.05) is 12.1 Å². The molecule has 98 valence electrons. The Labute approximate surface area is 107 Å². The molecule has 2 rings (SSSR count). The van der Waals surface area contributed by atoms with Gasteiger partial charge in [0.05, 0.1) is 17.8 Å². The SMILES string of the molecule is CC1CC(Nc2ccccc2C(=O)O)CC(C)O1. The molecule has 2 unspecified atom stereocenters. The quantitative estimate of drug-likeness (QED) is 0.864. The van der Waals surface area contributed by atoms with E-state index in [0.717, 1.165) is 12.8 Å². The van der Waals surface area contributed by atoms with Crippen LogP contribution in [-0.2, 0) is 4.74 Å². The van der Waals surface area contributed by atoms with Gasteiger partial charge in [-0.3, -0.25) is 0 Å². The summed E-state index contributed by atoms with van der Waals surface area (Å²) in [4.78, 5) is 11.1. The highest BCUT2D eigenvalue weighted by Crippen LogP contribution is 2.24. The zero-order valence-electron chi connectivity index (χ0n) is 10.7. The Morgan fingerprint density at radius 3 is 2.50 bits per heavy atom. The first-order chi connectivity index (χ1) is 8.56. The van der Waals surface area contributed by atoms with Crippen molar-refractivity contribution in [3.63, 3.8) is 0 Å². The molecule has 4 nitrogen and oxygen atoms in total. The molecule has 0 radical (unpaired) electrons. The number of anilines is 1. The third kappa shape index (κ3) is 3.01. The van der Waals surface area contributed by atoms with Crippen LogP contribution in [0.2, 0.25) is 0 Å². The highest BCUT2D eigenvalue weighted by molar-refractivity contribution is 5.94. The minimum atomic E-state index is -0.897. The lowest BCUT2D eigenvalue weighted by Crippen LogP contribution is -2.37. The van der Waals surface area contributed by atoms with E-state index in [4.69, 9.17) is 9.84 Å². The summed E-state index contributed by atoms with van der Waals surface area (Å²) in [6.07, 6.45) is 2.22. The second-order valence-electron chi connectivity index (χ2n) is 4.92. The molecular formula is C14H19NO3. The van der Waals surface area contributed by atoms with Gasteiger partial charge in [0.25, 0.3) is 0 Å². The van der Waals surface area contributed by atoms with Gasteiger partial charge in [0.15, 0.2) is 0 Å². The number of ether oxygens (including phenoxy) is 1. The molecule has 0 spiro atoms. The maximum Gasteiger partial charge on any atom is 0.337 e. The van der Waals surface area contributed by atoms with E-state index in [0.29, 0.717) is 11.3 Å². The first-order valence-corrected chi connectivity index (χ1v) is 6.30. The van der Waals surface area contributed by atoms with Crippen molar-refractivity contribution < 1.29 is 14.6 Å². The molecule has 0 saturated carbocycles. The Balaban J connectivity index is 2.11. The van der Waals surface area contributed by atoms with Crippen LogP contribution in [0.25, 0.3) is 0 Å². The van der Waals surface area contributed by atoms with E-state index < -0.39 is 5.97 Å². The minimum absolute atomic E-state index is 0.211. The number of carboxylic acid groups (broad SMARTS) is 1. The normalized spacial score (nSPS) is 27.8. The van der Waals surface area contributed by atoms with E-state index in [-0.39, 0.29) is 18.2 Å². The van der Waals surface area contributed by atoms with E-state index >= 15 is 0 Å². The number of aromatic carboxylic acids is 1. The predicted octanol–water partition coefficient (Wildman–Crippen LogP) is 2.75. The molecule has 1 aliphatic rings. The van der Waals surface area contributed by atoms with Gasteiger partial charge in [-0.25, -0.2) is 4.79 Å². The van der Waals surface area contributed by atoms with Gasteiger partial charge in [0.2, 0.25) is 0 Å². The van der Waals surface area contributed by atoms with Gasteiger partial charge in [0.1, 0.15) is 0 Å². The van der Waals surface area contributed by atoms with Crippen molar-refractivity contribution in [1.82, 2.24) is 0 Å². The molecule has 2 atom stereocenters. The lowest BCUT2D eigenvalue weighted by atomic mass is 9.99. The maximum atomic E-state index is 11.1. The Hall–Kier alpha value is -1.55. The number of para-hydroxylation sites is 1. The van der Waals surface area contributed by atoms with Crippen LogP contribution in [0.4, 0.5) is 5.69 Å². The monoisotopic (exact) mass is 249 g/mol. The van der Waals surface area contributed by atoms with E-state index in [2.05, 4.69) is 5.32 Å². The van der Waals surface area contributed by atoms with Crippen LogP contribution in [-0.4, -0.2) is 29.3 Å². The summed E-state index contributed by atoms with van der Waals surface area (Å²) in [5.74, 6) is -0.897. The summed E-state index contributed by atoms with van der Waals surface area (Å²) >= 11 is 0. The summed E-state index contributed by atoms with van der Waals surface area (Å²) in [7, 11) is 0. The van der Waals surface area contributed by atoms with Gasteiger partial charge in [-0.05, 0) is 38.8 Å². The van der Waals surface area contributed by atoms with Crippen molar-refractivity contribution in [3.05, 3.63) is 29.8 Å². The fourth-order valence-electron chi connectivity index (χ4n) is 2.54. The van der Waals surface area contributed by atoms with Gasteiger partial charge in [-0.15, -0.1) is 0 Å². The van der Waals surface area contributed by atoms with Crippen LogP contribution < -0.4 is 5.32 Å². The topological polar surface area (TPSA) is 58.6 Å². The van der Waals surface area contributed by atoms with E-state index in [9.17, 15) is 4.79 Å². The largest absolute Gasteiger partial charge is 0.478 e. The molecular weight excluding hydrogens is 230 g/mol. The molecule has 2 N–H and O–H groups in total. The number of nitrogens with one attached hydrogen (secondary N) is 1. The van der Waals surface area contributed by atoms with Crippen LogP contribution in [0, 0.1) is 0 Å². The standard InChI is InChI=1S/C14H19NO3/c1-9-7-11(8-10(2)18-9)15-13-6-4-3-5-12(13)14(16)17/h3-6,9-11,15H,7-8H2,1-2H3,(H,16,17). The number of carboxylic acids is 1. The molecule has 0 aliphatic carbocycles. The average Bonchev–Trinajstić information content (AvgIpc) is 2.27. The molecule has 0 bridgehead atoms. The molecule has 1 fully saturated rings. The Kier molecular flexibility index (Phi) is 3.87. The highest BCUT2D eigenvalue weighted by Gasteiger charge is 2.25. The highest BCUT2D eigenvalue weighted by atomic mass is 16.5. The van der Waals surface area contributed by atoms with Crippen LogP contribution in [0.1, 0.15) is 37.0 Å². The van der Waals surface area contributed by atoms with Crippen LogP contribution >= 0.6 is 0 Å². The first-order valence-electron chi connectivity index (χ1n) is 6.30. The fraction of sp³-hybridized carbons (Fsp3) is 0.500. The number of benzene rings is 1. The minimum Gasteiger partial charge on any atom is -0.478 e. The van der Waals surface area contributed by atoms with Crippen molar-refractivity contribution in [2.24, 2.45) is 0 Å². The summed E-state index contributed by atoms with van der Waals surface area (Å²) in [6, 6.07) is 7.29. The number of carbonyl (C=O) groups is 1. The summed E-state index contributed by atoms with van der Waals surface area (Å²) in [5.41, 5.74) is 1.01. The second-order valence-corrected chi connectivity index (χ2v) is 4.92. The Bertz CT molecular complexity index is 423. The van der Waals surface area contributed by atoms with Crippen molar-refractivity contribution >= 4 is 11.7 Å². The average molecular weight is 249 g/mol. The van der Waals surface area contributed by atoms with Gasteiger partial charge < -0.3 is 15.2 Å². The Morgan fingerprint density at radius 1 is 1.28 bits per heavy atom. The van der Waals surface area contributed by atoms with Gasteiger partial charge >= 0.3 is 5.97 Å². The predicted molar refractivity (Wildman–Crippen MR) is 70.1 cm³/mol. The lowest BCUT2D eigenvalue weighted by Gasteiger charge is -2.33. The van der Waals surface area contributed by atoms with Crippen LogP contribution in [0.3, 0.4) is 0 Å². The molecule has 18 heavy (non-hydrogen) atoms. The van der Waals surface area contributed by atoms with Crippen molar-refractivity contribution in [3.8, 4) is 0 Å². The molecule has 0 aromatic heterocycles. The second kappa shape index (κ2) is 5.40. The van der Waals surface area contributed by atoms with E-state index in [1.54, 1.807) is 12.1 Å². The zero-order chi connectivity index (χ0) is 13.1. The van der Waals surface area contributed by atoms with Gasteiger partial charge in [0, 0.05) is 11.7 Å². The number of hydrogen-bond donors (Lipinski definition) is 2. The molecule has 1 aliphatic heterocycles. The molecule has 0 amide bonds. The Morgan fingerprint density at radius 2 is 1.89 bits per heavy atom. The van der Waals surface area contributed by atoms with Crippen molar-refractivity contribution in [1.29, 1.82) is 0 Å².